The zero-order valence-corrected chi connectivity index (χ0v) is 25.5. The molecule has 0 spiro atoms. The Bertz CT molecular complexity index is 1670. The van der Waals surface area contributed by atoms with Gasteiger partial charge in [-0.2, -0.15) is 0 Å². The van der Waals surface area contributed by atoms with Crippen LogP contribution in [-0.4, -0.2) is 44.6 Å². The monoisotopic (exact) mass is 623 g/mol. The first kappa shape index (κ1) is 31.8. The van der Waals surface area contributed by atoms with Crippen LogP contribution >= 0.6 is 0 Å². The number of Topliss-reactive ketones (excluding diaryl/α,β-unsaturated/α-hetero) is 1. The van der Waals surface area contributed by atoms with Crippen molar-refractivity contribution in [3.05, 3.63) is 143 Å². The van der Waals surface area contributed by atoms with Gasteiger partial charge in [0.1, 0.15) is 17.9 Å². The predicted octanol–water partition coefficient (Wildman–Crippen LogP) is 3.77. The highest BCUT2D eigenvalue weighted by molar-refractivity contribution is 7.88. The molecule has 5 rings (SSSR count). The van der Waals surface area contributed by atoms with Gasteiger partial charge < -0.3 is 16.4 Å². The third kappa shape index (κ3) is 8.10. The van der Waals surface area contributed by atoms with Crippen LogP contribution in [-0.2, 0) is 25.4 Å². The number of hydrogen-bond donors (Lipinski definition) is 5. The van der Waals surface area contributed by atoms with E-state index >= 15 is 0 Å². The van der Waals surface area contributed by atoms with E-state index in [0.29, 0.717) is 29.7 Å². The van der Waals surface area contributed by atoms with Crippen molar-refractivity contribution in [3.8, 4) is 0 Å². The van der Waals surface area contributed by atoms with Gasteiger partial charge in [0, 0.05) is 11.5 Å². The van der Waals surface area contributed by atoms with Gasteiger partial charge in [-0.05, 0) is 41.6 Å². The van der Waals surface area contributed by atoms with Crippen molar-refractivity contribution < 1.29 is 18.0 Å². The maximum absolute atomic E-state index is 14.5. The molecule has 0 bridgehead atoms. The van der Waals surface area contributed by atoms with Crippen molar-refractivity contribution >= 4 is 27.5 Å². The second-order valence-corrected chi connectivity index (χ2v) is 12.9. The molecule has 3 atom stereocenters. The fourth-order valence-electron chi connectivity index (χ4n) is 5.73. The van der Waals surface area contributed by atoms with E-state index in [2.05, 4.69) is 15.4 Å². The minimum atomic E-state index is -4.04. The standard InChI is InChI=1S/C35H37N5O4S/c36-34(37)28-20-18-27(19-21-28)31(33(41)29-17-10-22-38-29)39-35(42)32(40-45(43,44)23-24-11-4-1-5-12-24)30(25-13-6-2-7-14-25)26-15-8-3-9-16-26/h1-9,11-16,18-21,29-32,38,40H,10,17,22-23H2,(H3,36,37)(H,39,42)/t29-,31?,32+/m0/s1. The molecule has 1 aliphatic rings. The Hall–Kier alpha value is -4.64. The summed E-state index contributed by atoms with van der Waals surface area (Å²) in [5.41, 5.74) is 8.68. The van der Waals surface area contributed by atoms with Gasteiger partial charge in [-0.25, -0.2) is 13.1 Å². The molecular formula is C35H37N5O4S. The second-order valence-electron chi connectivity index (χ2n) is 11.2. The van der Waals surface area contributed by atoms with Gasteiger partial charge in [0.05, 0.1) is 11.8 Å². The number of nitrogens with two attached hydrogens (primary N) is 1. The minimum Gasteiger partial charge on any atom is -0.384 e. The summed E-state index contributed by atoms with van der Waals surface area (Å²) in [4.78, 5) is 28.4. The molecule has 1 heterocycles. The Morgan fingerprint density at radius 3 is 1.89 bits per heavy atom. The van der Waals surface area contributed by atoms with E-state index in [-0.39, 0.29) is 17.4 Å². The van der Waals surface area contributed by atoms with Crippen LogP contribution in [0.3, 0.4) is 0 Å². The summed E-state index contributed by atoms with van der Waals surface area (Å²) in [6.07, 6.45) is 1.45. The lowest BCUT2D eigenvalue weighted by molar-refractivity contribution is -0.130. The molecule has 232 valence electrons. The number of hydrogen-bond acceptors (Lipinski definition) is 6. The molecule has 1 saturated heterocycles. The van der Waals surface area contributed by atoms with Gasteiger partial charge >= 0.3 is 0 Å². The van der Waals surface area contributed by atoms with Crippen molar-refractivity contribution in [1.82, 2.24) is 15.4 Å². The number of amides is 1. The summed E-state index contributed by atoms with van der Waals surface area (Å²) in [6, 6.07) is 31.0. The molecule has 0 aliphatic carbocycles. The maximum Gasteiger partial charge on any atom is 0.240 e. The molecule has 45 heavy (non-hydrogen) atoms. The number of nitrogens with one attached hydrogen (secondary N) is 4. The number of amidine groups is 1. The second kappa shape index (κ2) is 14.4. The van der Waals surface area contributed by atoms with E-state index in [1.165, 1.54) is 0 Å². The van der Waals surface area contributed by atoms with Crippen molar-refractivity contribution in [2.24, 2.45) is 5.73 Å². The molecule has 1 unspecified atom stereocenters. The lowest BCUT2D eigenvalue weighted by Crippen LogP contribution is -2.53. The van der Waals surface area contributed by atoms with E-state index in [9.17, 15) is 18.0 Å². The molecule has 1 amide bonds. The summed E-state index contributed by atoms with van der Waals surface area (Å²) >= 11 is 0. The largest absolute Gasteiger partial charge is 0.384 e. The first-order chi connectivity index (χ1) is 21.7. The first-order valence-corrected chi connectivity index (χ1v) is 16.5. The molecule has 4 aromatic rings. The predicted molar refractivity (Wildman–Crippen MR) is 175 cm³/mol. The van der Waals surface area contributed by atoms with Crippen LogP contribution in [0.1, 0.15) is 52.6 Å². The minimum absolute atomic E-state index is 0.118. The molecule has 10 heteroatoms. The molecule has 6 N–H and O–H groups in total. The van der Waals surface area contributed by atoms with Crippen LogP contribution in [0.25, 0.3) is 0 Å². The van der Waals surface area contributed by atoms with Crippen LogP contribution in [0.5, 0.6) is 0 Å². The SMILES string of the molecule is N=C(N)c1ccc(C(NC(=O)[C@H](NS(=O)(=O)Cc2ccccc2)C(c2ccccc2)c2ccccc2)C(=O)[C@@H]2CCCN2)cc1. The molecule has 4 aromatic carbocycles. The average Bonchev–Trinajstić information content (AvgIpc) is 3.60. The number of benzene rings is 4. The highest BCUT2D eigenvalue weighted by atomic mass is 32.2. The van der Waals surface area contributed by atoms with E-state index in [0.717, 1.165) is 17.5 Å². The Balaban J connectivity index is 1.56. The molecule has 1 fully saturated rings. The van der Waals surface area contributed by atoms with Gasteiger partial charge in [0.15, 0.2) is 5.78 Å². The Kier molecular flexibility index (Phi) is 10.2. The smallest absolute Gasteiger partial charge is 0.240 e. The summed E-state index contributed by atoms with van der Waals surface area (Å²) in [5.74, 6) is -2.02. The summed E-state index contributed by atoms with van der Waals surface area (Å²) < 4.78 is 30.1. The number of carbonyl (C=O) groups is 2. The molecule has 1 aliphatic heterocycles. The molecule has 0 saturated carbocycles. The third-order valence-electron chi connectivity index (χ3n) is 7.97. The van der Waals surface area contributed by atoms with E-state index in [1.54, 1.807) is 54.6 Å². The van der Waals surface area contributed by atoms with Gasteiger partial charge in [-0.3, -0.25) is 15.0 Å². The lowest BCUT2D eigenvalue weighted by atomic mass is 9.84. The lowest BCUT2D eigenvalue weighted by Gasteiger charge is -2.30. The van der Waals surface area contributed by atoms with Crippen LogP contribution in [0.15, 0.2) is 115 Å². The van der Waals surface area contributed by atoms with E-state index in [4.69, 9.17) is 11.1 Å². The zero-order valence-electron chi connectivity index (χ0n) is 24.7. The highest BCUT2D eigenvalue weighted by Gasteiger charge is 2.38. The Labute approximate surface area is 263 Å². The number of sulfonamides is 1. The van der Waals surface area contributed by atoms with Gasteiger partial charge in [-0.1, -0.05) is 115 Å². The maximum atomic E-state index is 14.5. The van der Waals surface area contributed by atoms with Gasteiger partial charge in [0.2, 0.25) is 15.9 Å². The first-order valence-electron chi connectivity index (χ1n) is 14.9. The van der Waals surface area contributed by atoms with E-state index in [1.807, 2.05) is 60.7 Å². The normalized spacial score (nSPS) is 16.2. The Morgan fingerprint density at radius 1 is 0.822 bits per heavy atom. The third-order valence-corrected chi connectivity index (χ3v) is 9.30. The van der Waals surface area contributed by atoms with Gasteiger partial charge in [-0.15, -0.1) is 0 Å². The van der Waals surface area contributed by atoms with Gasteiger partial charge in [0.25, 0.3) is 0 Å². The van der Waals surface area contributed by atoms with Crippen LogP contribution in [0, 0.1) is 5.41 Å². The summed E-state index contributed by atoms with van der Waals surface area (Å²) in [6.45, 7) is 0.687. The summed E-state index contributed by atoms with van der Waals surface area (Å²) in [5, 5.41) is 13.9. The fourth-order valence-corrected chi connectivity index (χ4v) is 7.08. The zero-order chi connectivity index (χ0) is 31.8. The van der Waals surface area contributed by atoms with Crippen molar-refractivity contribution in [1.29, 1.82) is 5.41 Å². The average molecular weight is 624 g/mol. The van der Waals surface area contributed by atoms with Crippen molar-refractivity contribution in [3.63, 3.8) is 0 Å². The number of nitrogen functional groups attached to an aromatic ring is 1. The summed E-state index contributed by atoms with van der Waals surface area (Å²) in [7, 11) is -4.04. The van der Waals surface area contributed by atoms with Crippen molar-refractivity contribution in [2.75, 3.05) is 6.54 Å². The molecular weight excluding hydrogens is 586 g/mol. The number of ketones is 1. The molecule has 0 aromatic heterocycles. The van der Waals surface area contributed by atoms with E-state index < -0.39 is 40.0 Å². The Morgan fingerprint density at radius 2 is 1.38 bits per heavy atom. The van der Waals surface area contributed by atoms with Crippen LogP contribution < -0.4 is 21.1 Å². The fraction of sp³-hybridized carbons (Fsp3) is 0.229. The molecule has 0 radical (unpaired) electrons. The highest BCUT2D eigenvalue weighted by Crippen LogP contribution is 2.30. The van der Waals surface area contributed by atoms with Crippen molar-refractivity contribution in [2.45, 2.75) is 42.6 Å². The topological polar surface area (TPSA) is 154 Å². The number of carbonyl (C=O) groups excluding carboxylic acids is 2. The van der Waals surface area contributed by atoms with Crippen LogP contribution in [0.2, 0.25) is 0 Å². The number of rotatable bonds is 13. The van der Waals surface area contributed by atoms with Crippen LogP contribution in [0.4, 0.5) is 0 Å². The quantitative estimate of drug-likeness (QED) is 0.113. The molecule has 9 nitrogen and oxygen atoms in total.